The van der Waals surface area contributed by atoms with Crippen molar-refractivity contribution in [3.63, 3.8) is 0 Å². The molecule has 0 bridgehead atoms. The second-order valence-corrected chi connectivity index (χ2v) is 7.71. The summed E-state index contributed by atoms with van der Waals surface area (Å²) in [7, 11) is -3.24. The van der Waals surface area contributed by atoms with Gasteiger partial charge in [0.15, 0.2) is 0 Å². The van der Waals surface area contributed by atoms with Gasteiger partial charge < -0.3 is 0 Å². The van der Waals surface area contributed by atoms with Crippen LogP contribution in [0.4, 0.5) is 0 Å². The van der Waals surface area contributed by atoms with Crippen LogP contribution in [0.1, 0.15) is 39.0 Å². The molecule has 18 heavy (non-hydrogen) atoms. The molecule has 6 heteroatoms. The van der Waals surface area contributed by atoms with Gasteiger partial charge in [-0.25, -0.2) is 0 Å². The topological polar surface area (TPSA) is 40.6 Å². The molecule has 2 aliphatic rings. The van der Waals surface area contributed by atoms with E-state index < -0.39 is 10.2 Å². The van der Waals surface area contributed by atoms with Gasteiger partial charge in [0.2, 0.25) is 0 Å². The summed E-state index contributed by atoms with van der Waals surface area (Å²) in [5, 5.41) is 0. The van der Waals surface area contributed by atoms with E-state index in [1.807, 2.05) is 6.92 Å². The Morgan fingerprint density at radius 2 is 2.00 bits per heavy atom. The van der Waals surface area contributed by atoms with Crippen LogP contribution in [-0.2, 0) is 10.2 Å². The molecule has 0 amide bonds. The lowest BCUT2D eigenvalue weighted by Gasteiger charge is -2.35. The van der Waals surface area contributed by atoms with E-state index >= 15 is 0 Å². The van der Waals surface area contributed by atoms with Crippen LogP contribution in [0.5, 0.6) is 0 Å². The lowest BCUT2D eigenvalue weighted by Crippen LogP contribution is -2.49. The minimum atomic E-state index is -3.24. The van der Waals surface area contributed by atoms with Crippen LogP contribution in [0.25, 0.3) is 0 Å². The molecule has 0 aliphatic carbocycles. The average Bonchev–Trinajstić information content (AvgIpc) is 2.79. The van der Waals surface area contributed by atoms with E-state index in [2.05, 4.69) is 0 Å². The van der Waals surface area contributed by atoms with Crippen molar-refractivity contribution in [2.24, 2.45) is 5.92 Å². The zero-order valence-corrected chi connectivity index (χ0v) is 12.6. The predicted molar refractivity (Wildman–Crippen MR) is 74.0 cm³/mol. The number of hydrogen-bond acceptors (Lipinski definition) is 2. The Balaban J connectivity index is 2.02. The van der Waals surface area contributed by atoms with Gasteiger partial charge >= 0.3 is 0 Å². The van der Waals surface area contributed by atoms with E-state index in [0.717, 1.165) is 32.1 Å². The molecule has 4 nitrogen and oxygen atoms in total. The van der Waals surface area contributed by atoms with Crippen LogP contribution in [0.15, 0.2) is 0 Å². The second-order valence-electron chi connectivity index (χ2n) is 5.45. The maximum Gasteiger partial charge on any atom is 0.282 e. The first-order valence-corrected chi connectivity index (χ1v) is 8.81. The Hall–Kier alpha value is 0.160. The summed E-state index contributed by atoms with van der Waals surface area (Å²) < 4.78 is 28.5. The normalized spacial score (nSPS) is 31.9. The Kier molecular flexibility index (Phi) is 4.92. The number of piperidine rings is 1. The Morgan fingerprint density at radius 3 is 2.67 bits per heavy atom. The summed E-state index contributed by atoms with van der Waals surface area (Å²) in [6.45, 7) is 4.01. The van der Waals surface area contributed by atoms with Gasteiger partial charge in [0.25, 0.3) is 10.2 Å². The zero-order chi connectivity index (χ0) is 13.2. The highest BCUT2D eigenvalue weighted by atomic mass is 35.5. The fourth-order valence-electron chi connectivity index (χ4n) is 2.96. The lowest BCUT2D eigenvalue weighted by molar-refractivity contribution is 0.249. The summed E-state index contributed by atoms with van der Waals surface area (Å²) >= 11 is 5.74. The lowest BCUT2D eigenvalue weighted by atomic mass is 10.1. The molecule has 2 saturated heterocycles. The summed E-state index contributed by atoms with van der Waals surface area (Å²) in [5.74, 6) is 1.07. The van der Waals surface area contributed by atoms with Gasteiger partial charge in [-0.2, -0.15) is 17.0 Å². The summed E-state index contributed by atoms with van der Waals surface area (Å²) in [4.78, 5) is 0. The minimum Gasteiger partial charge on any atom is -0.195 e. The maximum absolute atomic E-state index is 12.6. The molecule has 2 fully saturated rings. The van der Waals surface area contributed by atoms with Gasteiger partial charge in [-0.15, -0.1) is 11.6 Å². The third-order valence-corrected chi connectivity index (χ3v) is 6.47. The first-order valence-electron chi connectivity index (χ1n) is 6.88. The van der Waals surface area contributed by atoms with Crippen molar-refractivity contribution in [2.45, 2.75) is 45.1 Å². The molecule has 2 unspecified atom stereocenters. The molecular weight excluding hydrogens is 272 g/mol. The Morgan fingerprint density at radius 1 is 1.22 bits per heavy atom. The van der Waals surface area contributed by atoms with Gasteiger partial charge in [-0.1, -0.05) is 6.42 Å². The van der Waals surface area contributed by atoms with Gasteiger partial charge in [-0.3, -0.25) is 0 Å². The van der Waals surface area contributed by atoms with E-state index in [1.54, 1.807) is 8.61 Å². The van der Waals surface area contributed by atoms with Gasteiger partial charge in [0.05, 0.1) is 0 Å². The zero-order valence-electron chi connectivity index (χ0n) is 11.0. The second kappa shape index (κ2) is 6.07. The van der Waals surface area contributed by atoms with E-state index in [0.29, 0.717) is 31.4 Å². The van der Waals surface area contributed by atoms with Crippen molar-refractivity contribution in [1.29, 1.82) is 0 Å². The number of nitrogens with zero attached hydrogens (tertiary/aromatic N) is 2. The quantitative estimate of drug-likeness (QED) is 0.745. The highest BCUT2D eigenvalue weighted by Crippen LogP contribution is 2.28. The monoisotopic (exact) mass is 294 g/mol. The fraction of sp³-hybridized carbons (Fsp3) is 1.00. The highest BCUT2D eigenvalue weighted by Gasteiger charge is 2.38. The van der Waals surface area contributed by atoms with Crippen molar-refractivity contribution < 1.29 is 8.42 Å². The van der Waals surface area contributed by atoms with Crippen molar-refractivity contribution in [3.05, 3.63) is 0 Å². The number of halogens is 1. The summed E-state index contributed by atoms with van der Waals surface area (Å²) in [5.41, 5.74) is 0. The first kappa shape index (κ1) is 14.6. The largest absolute Gasteiger partial charge is 0.282 e. The van der Waals surface area contributed by atoms with E-state index in [9.17, 15) is 8.42 Å². The number of rotatable bonds is 4. The van der Waals surface area contributed by atoms with Crippen molar-refractivity contribution in [3.8, 4) is 0 Å². The van der Waals surface area contributed by atoms with Gasteiger partial charge in [0, 0.05) is 31.6 Å². The van der Waals surface area contributed by atoms with Gasteiger partial charge in [0.1, 0.15) is 0 Å². The third kappa shape index (κ3) is 3.00. The maximum atomic E-state index is 12.6. The molecule has 0 N–H and O–H groups in total. The Labute approximate surface area is 115 Å². The van der Waals surface area contributed by atoms with Crippen LogP contribution in [0.3, 0.4) is 0 Å². The van der Waals surface area contributed by atoms with Crippen molar-refractivity contribution in [1.82, 2.24) is 8.61 Å². The highest BCUT2D eigenvalue weighted by molar-refractivity contribution is 7.86. The minimum absolute atomic E-state index is 0.149. The van der Waals surface area contributed by atoms with E-state index in [1.165, 1.54) is 0 Å². The first-order chi connectivity index (χ1) is 8.55. The van der Waals surface area contributed by atoms with Crippen LogP contribution in [0.2, 0.25) is 0 Å². The molecule has 106 valence electrons. The molecule has 0 aromatic rings. The molecule has 2 rings (SSSR count). The Bertz CT molecular complexity index is 374. The molecule has 2 atom stereocenters. The smallest absolute Gasteiger partial charge is 0.195 e. The van der Waals surface area contributed by atoms with Crippen LogP contribution < -0.4 is 0 Å². The van der Waals surface area contributed by atoms with Crippen LogP contribution >= 0.6 is 11.6 Å². The standard InChI is InChI=1S/C12H23ClN2O2S/c1-11-4-2-3-8-15(11)18(16,17)14-9-6-12(10-14)5-7-13/h11-12H,2-10H2,1H3. The van der Waals surface area contributed by atoms with Crippen LogP contribution in [0, 0.1) is 5.92 Å². The van der Waals surface area contributed by atoms with E-state index in [-0.39, 0.29) is 6.04 Å². The molecule has 0 aromatic carbocycles. The molecular formula is C12H23ClN2O2S. The molecule has 2 aliphatic heterocycles. The third-order valence-electron chi connectivity index (χ3n) is 4.13. The van der Waals surface area contributed by atoms with Crippen molar-refractivity contribution >= 4 is 21.8 Å². The number of alkyl halides is 1. The molecule has 0 aromatic heterocycles. The van der Waals surface area contributed by atoms with Crippen molar-refractivity contribution in [2.75, 3.05) is 25.5 Å². The molecule has 0 saturated carbocycles. The van der Waals surface area contributed by atoms with Crippen LogP contribution in [-0.4, -0.2) is 48.6 Å². The molecule has 2 heterocycles. The SMILES string of the molecule is CC1CCCCN1S(=O)(=O)N1CCC(CCCl)C1. The van der Waals surface area contributed by atoms with E-state index in [4.69, 9.17) is 11.6 Å². The molecule has 0 radical (unpaired) electrons. The summed E-state index contributed by atoms with van der Waals surface area (Å²) in [6.07, 6.45) is 4.99. The fourth-order valence-corrected chi connectivity index (χ4v) is 5.22. The summed E-state index contributed by atoms with van der Waals surface area (Å²) in [6, 6.07) is 0.149. The molecule has 0 spiro atoms. The number of hydrogen-bond donors (Lipinski definition) is 0. The predicted octanol–water partition coefficient (Wildman–Crippen LogP) is 2.06. The van der Waals surface area contributed by atoms with Gasteiger partial charge in [-0.05, 0) is 38.5 Å². The average molecular weight is 295 g/mol.